The maximum absolute atomic E-state index is 12.1. The van der Waals surface area contributed by atoms with Gasteiger partial charge in [-0.1, -0.05) is 27.2 Å². The van der Waals surface area contributed by atoms with Crippen molar-refractivity contribution in [3.8, 4) is 0 Å². The minimum Gasteiger partial charge on any atom is -0.481 e. The Morgan fingerprint density at radius 3 is 2.33 bits per heavy atom. The zero-order chi connectivity index (χ0) is 17.5. The molecule has 0 saturated heterocycles. The fraction of sp³-hybridized carbons (Fsp3) is 0.952. The lowest BCUT2D eigenvalue weighted by atomic mass is 9.40. The van der Waals surface area contributed by atoms with Gasteiger partial charge in [0.25, 0.3) is 0 Å². The van der Waals surface area contributed by atoms with Crippen molar-refractivity contribution in [1.29, 1.82) is 0 Å². The highest BCUT2D eigenvalue weighted by molar-refractivity contribution is 5.75. The Bertz CT molecular complexity index is 569. The van der Waals surface area contributed by atoms with Crippen LogP contribution < -0.4 is 0 Å². The summed E-state index contributed by atoms with van der Waals surface area (Å²) in [7, 11) is 0. The second-order valence-electron chi connectivity index (χ2n) is 10.7. The van der Waals surface area contributed by atoms with Crippen molar-refractivity contribution in [2.75, 3.05) is 0 Å². The van der Waals surface area contributed by atoms with Crippen LogP contribution in [0.15, 0.2) is 0 Å². The predicted molar refractivity (Wildman–Crippen MR) is 93.5 cm³/mol. The Hall–Kier alpha value is -0.570. The maximum Gasteiger partial charge on any atom is 0.309 e. The summed E-state index contributed by atoms with van der Waals surface area (Å²) in [5, 5.41) is 21.3. The topological polar surface area (TPSA) is 57.5 Å². The van der Waals surface area contributed by atoms with Crippen LogP contribution in [-0.2, 0) is 4.79 Å². The van der Waals surface area contributed by atoms with Crippen molar-refractivity contribution in [1.82, 2.24) is 0 Å². The third kappa shape index (κ3) is 1.75. The van der Waals surface area contributed by atoms with E-state index in [9.17, 15) is 15.0 Å². The molecule has 4 saturated carbocycles. The first-order valence-corrected chi connectivity index (χ1v) is 10.0. The second kappa shape index (κ2) is 4.78. The first-order valence-electron chi connectivity index (χ1n) is 10.0. The molecule has 4 aliphatic rings. The minimum atomic E-state index is -0.602. The third-order valence-corrected chi connectivity index (χ3v) is 9.59. The van der Waals surface area contributed by atoms with E-state index in [0.29, 0.717) is 11.8 Å². The van der Waals surface area contributed by atoms with Crippen LogP contribution in [-0.4, -0.2) is 22.3 Å². The lowest BCUT2D eigenvalue weighted by molar-refractivity contribution is -0.193. The van der Waals surface area contributed by atoms with Crippen LogP contribution in [0, 0.1) is 39.4 Å². The number of aliphatic hydroxyl groups excluding tert-OH is 1. The van der Waals surface area contributed by atoms with Gasteiger partial charge in [0, 0.05) is 5.41 Å². The number of aliphatic hydroxyl groups is 1. The molecule has 3 heteroatoms. The molecule has 1 spiro atoms. The number of fused-ring (bicyclic) bond motifs is 3. The molecule has 0 radical (unpaired) electrons. The second-order valence-corrected chi connectivity index (χ2v) is 10.7. The fourth-order valence-corrected chi connectivity index (χ4v) is 8.31. The zero-order valence-electron chi connectivity index (χ0n) is 15.8. The predicted octanol–water partition coefficient (Wildman–Crippen LogP) is 4.48. The Labute approximate surface area is 146 Å². The molecule has 0 amide bonds. The van der Waals surface area contributed by atoms with Crippen molar-refractivity contribution >= 4 is 5.97 Å². The van der Waals surface area contributed by atoms with Crippen LogP contribution in [0.2, 0.25) is 0 Å². The normalized spacial score (nSPS) is 55.5. The first-order chi connectivity index (χ1) is 11.1. The van der Waals surface area contributed by atoms with Crippen LogP contribution in [0.5, 0.6) is 0 Å². The molecule has 136 valence electrons. The number of aliphatic carboxylic acids is 1. The van der Waals surface area contributed by atoms with Gasteiger partial charge in [-0.05, 0) is 80.5 Å². The zero-order valence-corrected chi connectivity index (χ0v) is 15.8. The molecule has 24 heavy (non-hydrogen) atoms. The van der Waals surface area contributed by atoms with Gasteiger partial charge in [0.2, 0.25) is 0 Å². The summed E-state index contributed by atoms with van der Waals surface area (Å²) in [6, 6.07) is 0. The molecule has 4 aliphatic carbocycles. The van der Waals surface area contributed by atoms with Crippen molar-refractivity contribution in [3.05, 3.63) is 0 Å². The smallest absolute Gasteiger partial charge is 0.309 e. The van der Waals surface area contributed by atoms with Gasteiger partial charge in [0.15, 0.2) is 0 Å². The summed E-state index contributed by atoms with van der Waals surface area (Å²) >= 11 is 0. The fourth-order valence-electron chi connectivity index (χ4n) is 8.31. The lowest BCUT2D eigenvalue weighted by Gasteiger charge is -2.64. The van der Waals surface area contributed by atoms with Crippen LogP contribution in [0.4, 0.5) is 0 Å². The number of carboxylic acid groups (broad SMARTS) is 1. The number of carbonyl (C=O) groups is 1. The number of rotatable bonds is 1. The van der Waals surface area contributed by atoms with E-state index in [1.165, 1.54) is 12.8 Å². The van der Waals surface area contributed by atoms with Crippen molar-refractivity contribution in [2.45, 2.75) is 85.2 Å². The third-order valence-electron chi connectivity index (χ3n) is 9.59. The summed E-state index contributed by atoms with van der Waals surface area (Å²) in [6.07, 6.45) is 8.33. The molecule has 0 aromatic carbocycles. The molecule has 4 fully saturated rings. The van der Waals surface area contributed by atoms with Gasteiger partial charge < -0.3 is 10.2 Å². The molecule has 0 aliphatic heterocycles. The summed E-state index contributed by atoms with van der Waals surface area (Å²) in [5.74, 6) is 0.795. The highest BCUT2D eigenvalue weighted by Gasteiger charge is 2.70. The maximum atomic E-state index is 12.1. The SMILES string of the molecule is CC1(C(=O)O)CCCC2(C)C1CCC13CC(CCC21)C(C)(C)C3O. The number of carboxylic acids is 1. The molecular weight excluding hydrogens is 300 g/mol. The average Bonchev–Trinajstić information content (AvgIpc) is 2.65. The van der Waals surface area contributed by atoms with E-state index in [1.54, 1.807) is 0 Å². The minimum absolute atomic E-state index is 0.0166. The standard InChI is InChI=1S/C21H34O3/c1-18(2)13-6-7-15-19(3)9-5-10-20(4,17(23)24)14(19)8-11-21(15,12-13)16(18)22/h13-16,22H,5-12H2,1-4H3,(H,23,24). The van der Waals surface area contributed by atoms with Crippen molar-refractivity contribution in [3.63, 3.8) is 0 Å². The van der Waals surface area contributed by atoms with E-state index in [-0.39, 0.29) is 28.3 Å². The van der Waals surface area contributed by atoms with Gasteiger partial charge in [0.05, 0.1) is 11.5 Å². The Balaban J connectivity index is 1.78. The van der Waals surface area contributed by atoms with Gasteiger partial charge in [-0.15, -0.1) is 0 Å². The highest BCUT2D eigenvalue weighted by Crippen LogP contribution is 2.74. The van der Waals surface area contributed by atoms with Gasteiger partial charge >= 0.3 is 5.97 Å². The summed E-state index contributed by atoms with van der Waals surface area (Å²) in [6.45, 7) is 8.89. The molecule has 0 aromatic rings. The molecule has 7 unspecified atom stereocenters. The Morgan fingerprint density at radius 2 is 1.67 bits per heavy atom. The average molecular weight is 334 g/mol. The van der Waals surface area contributed by atoms with Crippen LogP contribution in [0.1, 0.15) is 79.1 Å². The summed E-state index contributed by atoms with van der Waals surface area (Å²) in [4.78, 5) is 12.1. The van der Waals surface area contributed by atoms with Crippen molar-refractivity contribution in [2.24, 2.45) is 39.4 Å². The molecule has 7 atom stereocenters. The molecule has 3 nitrogen and oxygen atoms in total. The van der Waals surface area contributed by atoms with E-state index in [1.807, 2.05) is 6.92 Å². The van der Waals surface area contributed by atoms with Gasteiger partial charge in [-0.25, -0.2) is 0 Å². The Kier molecular flexibility index (Phi) is 3.36. The van der Waals surface area contributed by atoms with E-state index < -0.39 is 11.4 Å². The highest BCUT2D eigenvalue weighted by atomic mass is 16.4. The van der Waals surface area contributed by atoms with Crippen LogP contribution in [0.25, 0.3) is 0 Å². The quantitative estimate of drug-likeness (QED) is 0.743. The van der Waals surface area contributed by atoms with Crippen LogP contribution in [0.3, 0.4) is 0 Å². The summed E-state index contributed by atoms with van der Waals surface area (Å²) < 4.78 is 0. The number of hydrogen-bond acceptors (Lipinski definition) is 2. The van der Waals surface area contributed by atoms with Gasteiger partial charge in [0.1, 0.15) is 0 Å². The largest absolute Gasteiger partial charge is 0.481 e. The lowest BCUT2D eigenvalue weighted by Crippen LogP contribution is -2.60. The van der Waals surface area contributed by atoms with Crippen LogP contribution >= 0.6 is 0 Å². The Morgan fingerprint density at radius 1 is 0.958 bits per heavy atom. The monoisotopic (exact) mass is 334 g/mol. The summed E-state index contributed by atoms with van der Waals surface area (Å²) in [5.41, 5.74) is -0.433. The van der Waals surface area contributed by atoms with E-state index in [2.05, 4.69) is 20.8 Å². The molecule has 4 rings (SSSR count). The van der Waals surface area contributed by atoms with Gasteiger partial charge in [-0.2, -0.15) is 0 Å². The first kappa shape index (κ1) is 16.9. The van der Waals surface area contributed by atoms with Gasteiger partial charge in [-0.3, -0.25) is 4.79 Å². The molecule has 0 heterocycles. The van der Waals surface area contributed by atoms with E-state index >= 15 is 0 Å². The van der Waals surface area contributed by atoms with E-state index in [0.717, 1.165) is 38.5 Å². The molecule has 2 bridgehead atoms. The van der Waals surface area contributed by atoms with E-state index in [4.69, 9.17) is 0 Å². The molecular formula is C21H34O3. The molecule has 0 aromatic heterocycles. The van der Waals surface area contributed by atoms with Crippen molar-refractivity contribution < 1.29 is 15.0 Å². The number of hydrogen-bond donors (Lipinski definition) is 2. The molecule has 2 N–H and O–H groups in total.